The number of pyridine rings is 2. The summed E-state index contributed by atoms with van der Waals surface area (Å²) >= 11 is 0. The molecule has 3 rings (SSSR count). The molecular weight excluding hydrogens is 278 g/mol. The molecule has 2 aromatic rings. The van der Waals surface area contributed by atoms with Crippen LogP contribution in [0.3, 0.4) is 0 Å². The Kier molecular flexibility index (Phi) is 3.96. The van der Waals surface area contributed by atoms with Gasteiger partial charge in [-0.15, -0.1) is 0 Å². The van der Waals surface area contributed by atoms with Crippen molar-refractivity contribution >= 4 is 16.8 Å². The molecule has 5 heteroatoms. The minimum atomic E-state index is -0.674. The molecule has 1 saturated carbocycles. The van der Waals surface area contributed by atoms with Crippen LogP contribution in [0, 0.1) is 5.92 Å². The molecular formula is C17H21N3O2. The SMILES string of the molecule is CCC1CCC(c2cc(=O)c3c(C(N)=O)nccc3[nH]2)CC1. The number of hydrogen-bond donors (Lipinski definition) is 2. The predicted octanol–water partition coefficient (Wildman–Crippen LogP) is 2.71. The van der Waals surface area contributed by atoms with Gasteiger partial charge < -0.3 is 10.7 Å². The number of aromatic nitrogens is 2. The van der Waals surface area contributed by atoms with Crippen LogP contribution in [0.15, 0.2) is 23.1 Å². The van der Waals surface area contributed by atoms with Gasteiger partial charge in [-0.1, -0.05) is 13.3 Å². The Morgan fingerprint density at radius 1 is 1.36 bits per heavy atom. The van der Waals surface area contributed by atoms with Gasteiger partial charge >= 0.3 is 0 Å². The number of nitrogens with two attached hydrogens (primary N) is 1. The number of rotatable bonds is 3. The zero-order chi connectivity index (χ0) is 15.7. The molecule has 22 heavy (non-hydrogen) atoms. The van der Waals surface area contributed by atoms with Gasteiger partial charge in [0.05, 0.1) is 10.9 Å². The van der Waals surface area contributed by atoms with Crippen molar-refractivity contribution < 1.29 is 4.79 Å². The lowest BCUT2D eigenvalue weighted by Gasteiger charge is -2.27. The largest absolute Gasteiger partial charge is 0.364 e. The molecule has 116 valence electrons. The molecule has 5 nitrogen and oxygen atoms in total. The van der Waals surface area contributed by atoms with Crippen LogP contribution in [-0.4, -0.2) is 15.9 Å². The molecule has 3 N–H and O–H groups in total. The van der Waals surface area contributed by atoms with Gasteiger partial charge in [-0.25, -0.2) is 0 Å². The number of nitrogens with zero attached hydrogens (tertiary/aromatic N) is 1. The van der Waals surface area contributed by atoms with E-state index < -0.39 is 5.91 Å². The lowest BCUT2D eigenvalue weighted by molar-refractivity contribution is 0.0997. The first-order chi connectivity index (χ1) is 10.6. The second-order valence-corrected chi connectivity index (χ2v) is 6.16. The minimum Gasteiger partial charge on any atom is -0.364 e. The quantitative estimate of drug-likeness (QED) is 0.913. The zero-order valence-corrected chi connectivity index (χ0v) is 12.8. The highest BCUT2D eigenvalue weighted by atomic mass is 16.1. The fourth-order valence-corrected chi connectivity index (χ4v) is 3.51. The first-order valence-corrected chi connectivity index (χ1v) is 7.92. The lowest BCUT2D eigenvalue weighted by Crippen LogP contribution is -2.20. The summed E-state index contributed by atoms with van der Waals surface area (Å²) in [4.78, 5) is 31.1. The van der Waals surface area contributed by atoms with Gasteiger partial charge in [0.1, 0.15) is 5.69 Å². The average Bonchev–Trinajstić information content (AvgIpc) is 2.54. The van der Waals surface area contributed by atoms with Gasteiger partial charge in [0, 0.05) is 18.0 Å². The van der Waals surface area contributed by atoms with E-state index in [1.165, 1.54) is 25.5 Å². The fraction of sp³-hybridized carbons (Fsp3) is 0.471. The van der Waals surface area contributed by atoms with Gasteiger partial charge in [-0.05, 0) is 43.6 Å². The van der Waals surface area contributed by atoms with Gasteiger partial charge in [-0.2, -0.15) is 0 Å². The molecule has 0 aliphatic heterocycles. The predicted molar refractivity (Wildman–Crippen MR) is 85.9 cm³/mol. The van der Waals surface area contributed by atoms with Crippen LogP contribution >= 0.6 is 0 Å². The van der Waals surface area contributed by atoms with Crippen molar-refractivity contribution in [2.75, 3.05) is 0 Å². The molecule has 1 amide bonds. The van der Waals surface area contributed by atoms with Crippen molar-refractivity contribution in [2.45, 2.75) is 44.9 Å². The van der Waals surface area contributed by atoms with Crippen molar-refractivity contribution in [1.82, 2.24) is 9.97 Å². The lowest BCUT2D eigenvalue weighted by atomic mass is 9.79. The van der Waals surface area contributed by atoms with E-state index in [4.69, 9.17) is 5.73 Å². The number of H-pyrrole nitrogens is 1. The fourth-order valence-electron chi connectivity index (χ4n) is 3.51. The highest BCUT2D eigenvalue weighted by Gasteiger charge is 2.23. The van der Waals surface area contributed by atoms with Gasteiger partial charge in [0.25, 0.3) is 5.91 Å². The number of primary amides is 1. The first-order valence-electron chi connectivity index (χ1n) is 7.92. The van der Waals surface area contributed by atoms with Crippen LogP contribution in [0.25, 0.3) is 10.9 Å². The normalized spacial score (nSPS) is 21.9. The molecule has 0 bridgehead atoms. The highest BCUT2D eigenvalue weighted by Crippen LogP contribution is 2.36. The van der Waals surface area contributed by atoms with Crippen LogP contribution in [0.2, 0.25) is 0 Å². The third kappa shape index (κ3) is 2.63. The number of hydrogen-bond acceptors (Lipinski definition) is 3. The average molecular weight is 299 g/mol. The number of nitrogens with one attached hydrogen (secondary N) is 1. The van der Waals surface area contributed by atoms with Crippen molar-refractivity contribution in [2.24, 2.45) is 11.7 Å². The third-order valence-corrected chi connectivity index (χ3v) is 4.86. The van der Waals surface area contributed by atoms with Crippen LogP contribution in [-0.2, 0) is 0 Å². The van der Waals surface area contributed by atoms with Crippen LogP contribution in [0.5, 0.6) is 0 Å². The maximum Gasteiger partial charge on any atom is 0.268 e. The molecule has 0 unspecified atom stereocenters. The summed E-state index contributed by atoms with van der Waals surface area (Å²) in [6.07, 6.45) is 7.38. The van der Waals surface area contributed by atoms with Crippen LogP contribution in [0.1, 0.15) is 61.1 Å². The van der Waals surface area contributed by atoms with Gasteiger partial charge in [-0.3, -0.25) is 14.6 Å². The Hall–Kier alpha value is -2.17. The Morgan fingerprint density at radius 3 is 2.73 bits per heavy atom. The molecule has 1 aliphatic carbocycles. The monoisotopic (exact) mass is 299 g/mol. The number of carbonyl (C=O) groups is 1. The summed E-state index contributed by atoms with van der Waals surface area (Å²) in [6, 6.07) is 3.34. The molecule has 1 fully saturated rings. The molecule has 0 saturated heterocycles. The second-order valence-electron chi connectivity index (χ2n) is 6.16. The van der Waals surface area contributed by atoms with E-state index in [1.54, 1.807) is 12.1 Å². The van der Waals surface area contributed by atoms with E-state index >= 15 is 0 Å². The third-order valence-electron chi connectivity index (χ3n) is 4.86. The zero-order valence-electron chi connectivity index (χ0n) is 12.8. The summed E-state index contributed by atoms with van der Waals surface area (Å²) in [6.45, 7) is 2.24. The standard InChI is InChI=1S/C17H21N3O2/c1-2-10-3-5-11(6-4-10)13-9-14(21)15-12(20-13)7-8-19-16(15)17(18)22/h7-11H,2-6H2,1H3,(H2,18,22)(H,20,21). The number of fused-ring (bicyclic) bond motifs is 1. The van der Waals surface area contributed by atoms with Crippen LogP contribution in [0.4, 0.5) is 0 Å². The maximum absolute atomic E-state index is 12.4. The van der Waals surface area contributed by atoms with E-state index in [9.17, 15) is 9.59 Å². The Labute approximate surface area is 128 Å². The molecule has 0 atom stereocenters. The minimum absolute atomic E-state index is 0.0417. The molecule has 0 spiro atoms. The van der Waals surface area contributed by atoms with Crippen LogP contribution < -0.4 is 11.2 Å². The molecule has 0 radical (unpaired) electrons. The van der Waals surface area contributed by atoms with Gasteiger partial charge in [0.15, 0.2) is 5.43 Å². The maximum atomic E-state index is 12.4. The van der Waals surface area contributed by atoms with E-state index in [0.717, 1.165) is 24.5 Å². The Bertz CT molecular complexity index is 758. The topological polar surface area (TPSA) is 88.8 Å². The molecule has 2 heterocycles. The summed E-state index contributed by atoms with van der Waals surface area (Å²) in [5.74, 6) is 0.534. The molecule has 2 aromatic heterocycles. The van der Waals surface area contributed by atoms with E-state index in [0.29, 0.717) is 16.8 Å². The summed E-state index contributed by atoms with van der Waals surface area (Å²) < 4.78 is 0. The van der Waals surface area contributed by atoms with E-state index in [2.05, 4.69) is 16.9 Å². The summed E-state index contributed by atoms with van der Waals surface area (Å²) in [5.41, 5.74) is 6.78. The smallest absolute Gasteiger partial charge is 0.268 e. The van der Waals surface area contributed by atoms with E-state index in [-0.39, 0.29) is 11.1 Å². The first kappa shape index (κ1) is 14.8. The van der Waals surface area contributed by atoms with Crippen molar-refractivity contribution in [1.29, 1.82) is 0 Å². The van der Waals surface area contributed by atoms with Gasteiger partial charge in [0.2, 0.25) is 0 Å². The Morgan fingerprint density at radius 2 is 2.09 bits per heavy atom. The molecule has 1 aliphatic rings. The Balaban J connectivity index is 2.00. The van der Waals surface area contributed by atoms with Crippen molar-refractivity contribution in [3.8, 4) is 0 Å². The molecule has 0 aromatic carbocycles. The summed E-state index contributed by atoms with van der Waals surface area (Å²) in [5, 5.41) is 0.293. The highest BCUT2D eigenvalue weighted by molar-refractivity contribution is 6.03. The number of carbonyl (C=O) groups excluding carboxylic acids is 1. The van der Waals surface area contributed by atoms with Crippen molar-refractivity contribution in [3.63, 3.8) is 0 Å². The van der Waals surface area contributed by atoms with E-state index in [1.807, 2.05) is 0 Å². The summed E-state index contributed by atoms with van der Waals surface area (Å²) in [7, 11) is 0. The number of amides is 1. The number of aromatic amines is 1. The second kappa shape index (κ2) is 5.91. The van der Waals surface area contributed by atoms with Crippen molar-refractivity contribution in [3.05, 3.63) is 39.9 Å².